The van der Waals surface area contributed by atoms with Crippen LogP contribution in [-0.4, -0.2) is 35.4 Å². The van der Waals surface area contributed by atoms with E-state index < -0.39 is 0 Å². The lowest BCUT2D eigenvalue weighted by Gasteiger charge is -2.32. The molecule has 5 heteroatoms. The molecule has 0 atom stereocenters. The Morgan fingerprint density at radius 1 is 0.641 bits per heavy atom. The summed E-state index contributed by atoms with van der Waals surface area (Å²) < 4.78 is 0. The van der Waals surface area contributed by atoms with Gasteiger partial charge in [-0.25, -0.2) is 0 Å². The lowest BCUT2D eigenvalue weighted by molar-refractivity contribution is 0.0984. The summed E-state index contributed by atoms with van der Waals surface area (Å²) in [4.78, 5) is 44.6. The average Bonchev–Trinajstić information content (AvgIpc) is 2.98. The van der Waals surface area contributed by atoms with E-state index >= 15 is 0 Å². The topological polar surface area (TPSA) is 67.3 Å². The van der Waals surface area contributed by atoms with Crippen molar-refractivity contribution >= 4 is 23.0 Å². The number of ketones is 3. The fourth-order valence-electron chi connectivity index (χ4n) is 4.95. The number of carbonyl (C=O) groups excluding carboxylic acids is 3. The second-order valence-corrected chi connectivity index (χ2v) is 10.4. The van der Waals surface area contributed by atoms with Crippen molar-refractivity contribution in [2.24, 2.45) is 5.92 Å². The van der Waals surface area contributed by atoms with Crippen molar-refractivity contribution in [1.29, 1.82) is 0 Å². The fourth-order valence-corrected chi connectivity index (χ4v) is 4.95. The number of benzene rings is 3. The van der Waals surface area contributed by atoms with Crippen LogP contribution < -0.4 is 4.90 Å². The van der Waals surface area contributed by atoms with Gasteiger partial charge in [0.15, 0.2) is 17.3 Å². The number of carbonyl (C=O) groups is 3. The normalized spacial score (nSPS) is 13.7. The van der Waals surface area contributed by atoms with Gasteiger partial charge in [-0.1, -0.05) is 55.5 Å². The first-order chi connectivity index (χ1) is 19.0. The predicted molar refractivity (Wildman–Crippen MR) is 154 cm³/mol. The van der Waals surface area contributed by atoms with Gasteiger partial charge >= 0.3 is 0 Å². The molecule has 0 saturated carbocycles. The fraction of sp³-hybridized carbons (Fsp3) is 0.235. The van der Waals surface area contributed by atoms with Crippen LogP contribution in [0.5, 0.6) is 0 Å². The van der Waals surface area contributed by atoms with Crippen LogP contribution in [0.1, 0.15) is 67.5 Å². The zero-order chi connectivity index (χ0) is 27.2. The molecule has 0 N–H and O–H groups in total. The van der Waals surface area contributed by atoms with Crippen LogP contribution >= 0.6 is 0 Å². The van der Waals surface area contributed by atoms with Crippen LogP contribution in [0.4, 0.5) is 5.69 Å². The van der Waals surface area contributed by atoms with Gasteiger partial charge in [0.05, 0.1) is 0 Å². The first-order valence-electron chi connectivity index (χ1n) is 13.5. The molecular formula is C34H32N2O3. The minimum atomic E-state index is -0.0948. The molecule has 1 fully saturated rings. The Morgan fingerprint density at radius 2 is 1.08 bits per heavy atom. The molecule has 0 radical (unpaired) electrons. The molecule has 2 heterocycles. The third kappa shape index (κ3) is 6.55. The average molecular weight is 517 g/mol. The maximum Gasteiger partial charge on any atom is 0.193 e. The van der Waals surface area contributed by atoms with Crippen molar-refractivity contribution in [2.75, 3.05) is 18.0 Å². The second kappa shape index (κ2) is 12.0. The molecule has 0 unspecified atom stereocenters. The van der Waals surface area contributed by atoms with Crippen molar-refractivity contribution in [3.8, 4) is 0 Å². The standard InChI is InChI=1S/C34H32N2O3/c1-24-16-20-36(21-17-24)31-12-10-27(11-13-31)32(37)22-25-2-6-29(7-3-25)34(39)30-8-4-26(5-9-30)23-33(38)28-14-18-35-19-15-28/h2-15,18-19,24H,16-17,20-23H2,1H3. The van der Waals surface area contributed by atoms with E-state index in [1.807, 2.05) is 48.5 Å². The molecule has 0 spiro atoms. The number of aromatic nitrogens is 1. The van der Waals surface area contributed by atoms with E-state index in [1.54, 1.807) is 48.8 Å². The van der Waals surface area contributed by atoms with Gasteiger partial charge in [-0.2, -0.15) is 0 Å². The number of rotatable bonds is 9. The number of nitrogens with zero attached hydrogens (tertiary/aromatic N) is 2. The number of Topliss-reactive ketones (excluding diaryl/α,β-unsaturated/α-hetero) is 2. The molecule has 0 bridgehead atoms. The molecular weight excluding hydrogens is 484 g/mol. The first kappa shape index (κ1) is 26.2. The molecule has 5 nitrogen and oxygen atoms in total. The predicted octanol–water partition coefficient (Wildman–Crippen LogP) is 6.40. The maximum atomic E-state index is 13.0. The van der Waals surface area contributed by atoms with Gasteiger partial charge < -0.3 is 4.90 Å². The van der Waals surface area contributed by atoms with Crippen LogP contribution in [0.3, 0.4) is 0 Å². The van der Waals surface area contributed by atoms with E-state index in [9.17, 15) is 14.4 Å². The Hall–Kier alpha value is -4.38. The summed E-state index contributed by atoms with van der Waals surface area (Å²) in [5, 5.41) is 0. The molecule has 4 aromatic rings. The minimum absolute atomic E-state index is 0.00854. The van der Waals surface area contributed by atoms with Gasteiger partial charge in [-0.05, 0) is 66.3 Å². The Balaban J connectivity index is 1.17. The number of hydrogen-bond donors (Lipinski definition) is 0. The zero-order valence-electron chi connectivity index (χ0n) is 22.2. The van der Waals surface area contributed by atoms with Gasteiger partial charge in [0.25, 0.3) is 0 Å². The second-order valence-electron chi connectivity index (χ2n) is 10.4. The summed E-state index contributed by atoms with van der Waals surface area (Å²) in [6, 6.07) is 25.7. The monoisotopic (exact) mass is 516 g/mol. The van der Waals surface area contributed by atoms with Crippen LogP contribution in [-0.2, 0) is 12.8 Å². The molecule has 1 aliphatic heterocycles. The van der Waals surface area contributed by atoms with Crippen LogP contribution in [0, 0.1) is 5.92 Å². The van der Waals surface area contributed by atoms with E-state index in [0.29, 0.717) is 22.3 Å². The Bertz CT molecular complexity index is 1440. The molecule has 1 saturated heterocycles. The highest BCUT2D eigenvalue weighted by molar-refractivity contribution is 6.09. The summed E-state index contributed by atoms with van der Waals surface area (Å²) in [6.07, 6.45) is 6.17. The summed E-state index contributed by atoms with van der Waals surface area (Å²) in [5.41, 5.74) is 5.33. The van der Waals surface area contributed by atoms with Crippen LogP contribution in [0.15, 0.2) is 97.3 Å². The Kier molecular flexibility index (Phi) is 8.07. The minimum Gasteiger partial charge on any atom is -0.372 e. The number of anilines is 1. The largest absolute Gasteiger partial charge is 0.372 e. The van der Waals surface area contributed by atoms with Gasteiger partial charge in [0.2, 0.25) is 0 Å². The lowest BCUT2D eigenvalue weighted by Crippen LogP contribution is -2.32. The molecule has 3 aromatic carbocycles. The zero-order valence-corrected chi connectivity index (χ0v) is 22.2. The van der Waals surface area contributed by atoms with Gasteiger partial charge in [0, 0.05) is 66.3 Å². The quantitative estimate of drug-likeness (QED) is 0.241. The van der Waals surface area contributed by atoms with Crippen molar-refractivity contribution in [3.63, 3.8) is 0 Å². The van der Waals surface area contributed by atoms with Gasteiger partial charge in [-0.3, -0.25) is 19.4 Å². The van der Waals surface area contributed by atoms with Gasteiger partial charge in [-0.15, -0.1) is 0 Å². The van der Waals surface area contributed by atoms with Crippen LogP contribution in [0.2, 0.25) is 0 Å². The van der Waals surface area contributed by atoms with E-state index in [0.717, 1.165) is 30.1 Å². The lowest BCUT2D eigenvalue weighted by atomic mass is 9.97. The summed E-state index contributed by atoms with van der Waals surface area (Å²) in [5.74, 6) is 0.756. The molecule has 0 amide bonds. The molecule has 0 aliphatic carbocycles. The van der Waals surface area contributed by atoms with Crippen molar-refractivity contribution in [3.05, 3.63) is 131 Å². The van der Waals surface area contributed by atoms with Gasteiger partial charge in [0.1, 0.15) is 0 Å². The summed E-state index contributed by atoms with van der Waals surface area (Å²) in [7, 11) is 0. The number of hydrogen-bond acceptors (Lipinski definition) is 5. The van der Waals surface area contributed by atoms with Crippen LogP contribution in [0.25, 0.3) is 0 Å². The molecule has 1 aliphatic rings. The van der Waals surface area contributed by atoms with E-state index in [-0.39, 0.29) is 30.2 Å². The first-order valence-corrected chi connectivity index (χ1v) is 13.5. The molecule has 39 heavy (non-hydrogen) atoms. The third-order valence-electron chi connectivity index (χ3n) is 7.50. The maximum absolute atomic E-state index is 13.0. The molecule has 196 valence electrons. The van der Waals surface area contributed by atoms with E-state index in [2.05, 4.69) is 16.8 Å². The summed E-state index contributed by atoms with van der Waals surface area (Å²) >= 11 is 0. The molecule has 5 rings (SSSR count). The SMILES string of the molecule is CC1CCN(c2ccc(C(=O)Cc3ccc(C(=O)c4ccc(CC(=O)c5ccncc5)cc4)cc3)cc2)CC1. The number of pyridine rings is 1. The molecule has 1 aromatic heterocycles. The Labute approximate surface area is 229 Å². The highest BCUT2D eigenvalue weighted by Gasteiger charge is 2.17. The highest BCUT2D eigenvalue weighted by atomic mass is 16.1. The third-order valence-corrected chi connectivity index (χ3v) is 7.50. The van der Waals surface area contributed by atoms with Crippen molar-refractivity contribution in [1.82, 2.24) is 4.98 Å². The smallest absolute Gasteiger partial charge is 0.193 e. The van der Waals surface area contributed by atoms with Crippen molar-refractivity contribution < 1.29 is 14.4 Å². The number of piperidine rings is 1. The summed E-state index contributed by atoms with van der Waals surface area (Å²) in [6.45, 7) is 4.43. The Morgan fingerprint density at radius 3 is 1.56 bits per heavy atom. The highest BCUT2D eigenvalue weighted by Crippen LogP contribution is 2.24. The van der Waals surface area contributed by atoms with E-state index in [1.165, 1.54) is 18.5 Å². The van der Waals surface area contributed by atoms with E-state index in [4.69, 9.17) is 0 Å². The van der Waals surface area contributed by atoms with Crippen molar-refractivity contribution in [2.45, 2.75) is 32.6 Å².